The molecule has 0 amide bonds. The number of thiazole rings is 1. The fraction of sp³-hybridized carbons (Fsp3) is 0.231. The van der Waals surface area contributed by atoms with E-state index in [-0.39, 0.29) is 33.5 Å². The Kier molecular flexibility index (Phi) is 8.25. The molecular formula is C26H22Cl2N2O7S. The quantitative estimate of drug-likeness (QED) is 0.407. The second kappa shape index (κ2) is 11.4. The minimum atomic E-state index is -1.18. The Bertz CT molecular complexity index is 1620. The van der Waals surface area contributed by atoms with Crippen molar-refractivity contribution in [3.05, 3.63) is 88.5 Å². The van der Waals surface area contributed by atoms with E-state index in [4.69, 9.17) is 42.5 Å². The van der Waals surface area contributed by atoms with Gasteiger partial charge in [-0.2, -0.15) is 0 Å². The van der Waals surface area contributed by atoms with Crippen LogP contribution in [0.2, 0.25) is 10.0 Å². The number of allylic oxidation sites excluding steroid dienone is 1. The molecule has 1 aliphatic heterocycles. The second-order valence-corrected chi connectivity index (χ2v) is 9.90. The standard InChI is InChI=1S/C26H22Cl2N2O7S/c1-4-36-25(34)21-13(2)29-26-30(22(21)15-6-5-7-16(11-15)35-3)24(33)19(38-26)10-14-8-17(27)23(18(28)9-14)37-12-20(31)32/h5-11,22H,4,12H2,1-3H3,(H,31,32)/b19-10-/t22-/m0/s1. The molecule has 0 unspecified atom stereocenters. The smallest absolute Gasteiger partial charge is 0.341 e. The van der Waals surface area contributed by atoms with Crippen LogP contribution in [-0.4, -0.2) is 41.9 Å². The van der Waals surface area contributed by atoms with Gasteiger partial charge < -0.3 is 19.3 Å². The van der Waals surface area contributed by atoms with Crippen molar-refractivity contribution in [3.63, 3.8) is 0 Å². The summed E-state index contributed by atoms with van der Waals surface area (Å²) in [6.07, 6.45) is 1.59. The maximum Gasteiger partial charge on any atom is 0.341 e. The van der Waals surface area contributed by atoms with Crippen LogP contribution in [0.5, 0.6) is 11.5 Å². The molecule has 12 heteroatoms. The molecule has 1 atom stereocenters. The molecule has 0 bridgehead atoms. The number of aliphatic carboxylic acids is 1. The summed E-state index contributed by atoms with van der Waals surface area (Å²) < 4.78 is 17.6. The lowest BCUT2D eigenvalue weighted by Crippen LogP contribution is -2.39. The fourth-order valence-corrected chi connectivity index (χ4v) is 5.66. The lowest BCUT2D eigenvalue weighted by molar-refractivity contribution is -0.140. The largest absolute Gasteiger partial charge is 0.497 e. The van der Waals surface area contributed by atoms with Crippen LogP contribution < -0.4 is 24.4 Å². The molecule has 0 aliphatic carbocycles. The maximum atomic E-state index is 13.7. The number of nitrogens with zero attached hydrogens (tertiary/aromatic N) is 2. The molecule has 0 spiro atoms. The van der Waals surface area contributed by atoms with Crippen molar-refractivity contribution in [1.29, 1.82) is 0 Å². The lowest BCUT2D eigenvalue weighted by atomic mass is 9.95. The molecule has 198 valence electrons. The number of fused-ring (bicyclic) bond motifs is 1. The summed E-state index contributed by atoms with van der Waals surface area (Å²) in [5.41, 5.74) is 1.46. The Labute approximate surface area is 230 Å². The third-order valence-electron chi connectivity index (χ3n) is 5.58. The number of halogens is 2. The van der Waals surface area contributed by atoms with Gasteiger partial charge in [-0.1, -0.05) is 46.7 Å². The normalized spacial score (nSPS) is 15.1. The van der Waals surface area contributed by atoms with E-state index < -0.39 is 24.6 Å². The molecule has 1 aromatic heterocycles. The molecule has 1 N–H and O–H groups in total. The first-order chi connectivity index (χ1) is 18.1. The SMILES string of the molecule is CCOC(=O)C1=C(C)N=c2s/c(=C\c3cc(Cl)c(OCC(=O)O)c(Cl)c3)c(=O)n2[C@H]1c1cccc(OC)c1. The predicted molar refractivity (Wildman–Crippen MR) is 143 cm³/mol. The Morgan fingerprint density at radius 1 is 1.21 bits per heavy atom. The molecule has 3 aromatic rings. The molecule has 0 radical (unpaired) electrons. The van der Waals surface area contributed by atoms with Crippen molar-refractivity contribution in [1.82, 2.24) is 4.57 Å². The van der Waals surface area contributed by atoms with Gasteiger partial charge in [0.05, 0.1) is 45.6 Å². The van der Waals surface area contributed by atoms with E-state index in [1.165, 1.54) is 23.8 Å². The molecule has 2 heterocycles. The maximum absolute atomic E-state index is 13.7. The molecule has 4 rings (SSSR count). The topological polar surface area (TPSA) is 116 Å². The first-order valence-electron chi connectivity index (χ1n) is 11.3. The van der Waals surface area contributed by atoms with Crippen LogP contribution in [0.25, 0.3) is 6.08 Å². The Morgan fingerprint density at radius 2 is 1.92 bits per heavy atom. The zero-order chi connectivity index (χ0) is 27.6. The molecule has 1 aliphatic rings. The van der Waals surface area contributed by atoms with Crippen molar-refractivity contribution >= 4 is 52.6 Å². The van der Waals surface area contributed by atoms with Gasteiger partial charge in [0.15, 0.2) is 17.2 Å². The van der Waals surface area contributed by atoms with Gasteiger partial charge in [-0.3, -0.25) is 9.36 Å². The number of rotatable bonds is 8. The van der Waals surface area contributed by atoms with E-state index in [0.29, 0.717) is 31.9 Å². The van der Waals surface area contributed by atoms with E-state index in [9.17, 15) is 14.4 Å². The summed E-state index contributed by atoms with van der Waals surface area (Å²) in [7, 11) is 1.53. The highest BCUT2D eigenvalue weighted by molar-refractivity contribution is 7.07. The first-order valence-corrected chi connectivity index (χ1v) is 12.9. The Balaban J connectivity index is 1.88. The summed E-state index contributed by atoms with van der Waals surface area (Å²) in [5.74, 6) is -1.14. The number of carbonyl (C=O) groups excluding carboxylic acids is 1. The van der Waals surface area contributed by atoms with Gasteiger partial charge in [0.2, 0.25) is 0 Å². The number of aromatic nitrogens is 1. The number of hydrogen-bond donors (Lipinski definition) is 1. The number of carbonyl (C=O) groups is 2. The highest BCUT2D eigenvalue weighted by Crippen LogP contribution is 2.35. The number of carboxylic acids is 1. The van der Waals surface area contributed by atoms with Gasteiger partial charge in [0.1, 0.15) is 5.75 Å². The summed E-state index contributed by atoms with van der Waals surface area (Å²) in [4.78, 5) is 42.5. The third-order valence-corrected chi connectivity index (χ3v) is 7.13. The van der Waals surface area contributed by atoms with Crippen molar-refractivity contribution < 1.29 is 28.9 Å². The van der Waals surface area contributed by atoms with Crippen LogP contribution in [0.4, 0.5) is 0 Å². The summed E-state index contributed by atoms with van der Waals surface area (Å²) in [6.45, 7) is 2.96. The van der Waals surface area contributed by atoms with Gasteiger partial charge in [0.25, 0.3) is 5.56 Å². The molecular weight excluding hydrogens is 555 g/mol. The highest BCUT2D eigenvalue weighted by Gasteiger charge is 2.33. The number of carboxylic acid groups (broad SMARTS) is 1. The van der Waals surface area contributed by atoms with Crippen LogP contribution in [0.15, 0.2) is 57.5 Å². The molecule has 0 saturated heterocycles. The van der Waals surface area contributed by atoms with Crippen molar-refractivity contribution in [2.45, 2.75) is 19.9 Å². The number of hydrogen-bond acceptors (Lipinski definition) is 8. The van der Waals surface area contributed by atoms with Crippen LogP contribution in [0.3, 0.4) is 0 Å². The molecule has 2 aromatic carbocycles. The molecule has 38 heavy (non-hydrogen) atoms. The Morgan fingerprint density at radius 3 is 2.55 bits per heavy atom. The van der Waals surface area contributed by atoms with Crippen LogP contribution in [0.1, 0.15) is 31.0 Å². The summed E-state index contributed by atoms with van der Waals surface area (Å²) in [5, 5.41) is 9.03. The number of esters is 1. The minimum Gasteiger partial charge on any atom is -0.497 e. The van der Waals surface area contributed by atoms with Crippen LogP contribution in [0, 0.1) is 0 Å². The van der Waals surface area contributed by atoms with Crippen molar-refractivity contribution in [2.24, 2.45) is 4.99 Å². The highest BCUT2D eigenvalue weighted by atomic mass is 35.5. The van der Waals surface area contributed by atoms with E-state index in [0.717, 1.165) is 11.3 Å². The van der Waals surface area contributed by atoms with Gasteiger partial charge in [0, 0.05) is 0 Å². The minimum absolute atomic E-state index is 0.0297. The predicted octanol–water partition coefficient (Wildman–Crippen LogP) is 3.58. The second-order valence-electron chi connectivity index (χ2n) is 8.07. The van der Waals surface area contributed by atoms with Gasteiger partial charge >= 0.3 is 11.9 Å². The van der Waals surface area contributed by atoms with Gasteiger partial charge in [-0.25, -0.2) is 14.6 Å². The van der Waals surface area contributed by atoms with E-state index in [2.05, 4.69) is 4.99 Å². The molecule has 9 nitrogen and oxygen atoms in total. The monoisotopic (exact) mass is 576 g/mol. The fourth-order valence-electron chi connectivity index (χ4n) is 4.00. The average Bonchev–Trinajstić information content (AvgIpc) is 3.16. The van der Waals surface area contributed by atoms with Gasteiger partial charge in [-0.15, -0.1) is 0 Å². The zero-order valence-corrected chi connectivity index (χ0v) is 22.8. The number of benzene rings is 2. The summed E-state index contributed by atoms with van der Waals surface area (Å²) >= 11 is 13.7. The molecule has 0 fully saturated rings. The van der Waals surface area contributed by atoms with Crippen LogP contribution >= 0.6 is 34.5 Å². The van der Waals surface area contributed by atoms with Crippen molar-refractivity contribution in [3.8, 4) is 11.5 Å². The zero-order valence-electron chi connectivity index (χ0n) is 20.5. The average molecular weight is 577 g/mol. The number of ether oxygens (including phenoxy) is 3. The van der Waals surface area contributed by atoms with E-state index >= 15 is 0 Å². The summed E-state index contributed by atoms with van der Waals surface area (Å²) in [6, 6.07) is 9.34. The third kappa shape index (κ3) is 5.47. The van der Waals surface area contributed by atoms with Crippen molar-refractivity contribution in [2.75, 3.05) is 20.3 Å². The van der Waals surface area contributed by atoms with Gasteiger partial charge in [-0.05, 0) is 55.3 Å². The van der Waals surface area contributed by atoms with E-state index in [1.807, 2.05) is 0 Å². The van der Waals surface area contributed by atoms with Crippen LogP contribution in [-0.2, 0) is 14.3 Å². The van der Waals surface area contributed by atoms with E-state index in [1.54, 1.807) is 44.2 Å². The molecule has 0 saturated carbocycles. The lowest BCUT2D eigenvalue weighted by Gasteiger charge is -2.25. The number of methoxy groups -OCH3 is 1. The Hall–Kier alpha value is -3.60. The first kappa shape index (κ1) is 27.4.